The van der Waals surface area contributed by atoms with E-state index in [9.17, 15) is 0 Å². The predicted molar refractivity (Wildman–Crippen MR) is 73.8 cm³/mol. The molecule has 1 aliphatic carbocycles. The second kappa shape index (κ2) is 5.10. The van der Waals surface area contributed by atoms with Crippen molar-refractivity contribution in [1.29, 1.82) is 0 Å². The number of nitrogens with zero attached hydrogens (tertiary/aromatic N) is 1. The Balaban J connectivity index is 1.71. The first kappa shape index (κ1) is 12.9. The lowest BCUT2D eigenvalue weighted by molar-refractivity contribution is -0.0733. The van der Waals surface area contributed by atoms with Crippen LogP contribution in [0.5, 0.6) is 0 Å². The Labute approximate surface area is 111 Å². The summed E-state index contributed by atoms with van der Waals surface area (Å²) in [4.78, 5) is 2.78. The minimum atomic E-state index is 0.286. The zero-order chi connectivity index (χ0) is 12.6. The molecule has 2 saturated heterocycles. The first-order valence-corrected chi connectivity index (χ1v) is 7.81. The zero-order valence-electron chi connectivity index (χ0n) is 12.0. The average Bonchev–Trinajstić information content (AvgIpc) is 3.23. The maximum atomic E-state index is 5.78. The van der Waals surface area contributed by atoms with Crippen LogP contribution in [0, 0.1) is 5.92 Å². The van der Waals surface area contributed by atoms with Crippen molar-refractivity contribution in [2.45, 2.75) is 63.6 Å². The van der Waals surface area contributed by atoms with Crippen molar-refractivity contribution in [3.63, 3.8) is 0 Å². The SMILES string of the molecule is CCC1CNC(C2CC2)CN1C1(C)CCCOC1. The summed E-state index contributed by atoms with van der Waals surface area (Å²) in [6.45, 7) is 9.05. The van der Waals surface area contributed by atoms with Crippen LogP contribution in [0.2, 0.25) is 0 Å². The van der Waals surface area contributed by atoms with Crippen molar-refractivity contribution in [2.75, 3.05) is 26.3 Å². The molecule has 3 atom stereocenters. The van der Waals surface area contributed by atoms with Gasteiger partial charge in [-0.25, -0.2) is 0 Å². The lowest BCUT2D eigenvalue weighted by atomic mass is 9.88. The molecule has 0 aromatic carbocycles. The van der Waals surface area contributed by atoms with Crippen molar-refractivity contribution >= 4 is 0 Å². The Bertz CT molecular complexity index is 284. The van der Waals surface area contributed by atoms with Crippen molar-refractivity contribution in [1.82, 2.24) is 10.2 Å². The molecule has 1 saturated carbocycles. The minimum absolute atomic E-state index is 0.286. The molecule has 0 aromatic heterocycles. The van der Waals surface area contributed by atoms with E-state index in [-0.39, 0.29) is 5.54 Å². The molecule has 0 amide bonds. The van der Waals surface area contributed by atoms with Gasteiger partial charge in [-0.1, -0.05) is 6.92 Å². The third-order valence-electron chi connectivity index (χ3n) is 5.22. The van der Waals surface area contributed by atoms with Crippen LogP contribution in [-0.4, -0.2) is 48.8 Å². The molecule has 1 N–H and O–H groups in total. The quantitative estimate of drug-likeness (QED) is 0.831. The van der Waals surface area contributed by atoms with Crippen LogP contribution in [-0.2, 0) is 4.74 Å². The molecule has 2 heterocycles. The number of ether oxygens (including phenoxy) is 1. The van der Waals surface area contributed by atoms with Crippen LogP contribution in [0.15, 0.2) is 0 Å². The first-order valence-electron chi connectivity index (χ1n) is 7.81. The third kappa shape index (κ3) is 2.45. The fraction of sp³-hybridized carbons (Fsp3) is 1.00. The van der Waals surface area contributed by atoms with E-state index in [1.807, 2.05) is 0 Å². The van der Waals surface area contributed by atoms with Gasteiger partial charge < -0.3 is 10.1 Å². The molecule has 3 rings (SSSR count). The molecule has 0 aromatic rings. The van der Waals surface area contributed by atoms with Crippen molar-refractivity contribution in [3.8, 4) is 0 Å². The Hall–Kier alpha value is -0.120. The van der Waals surface area contributed by atoms with Crippen molar-refractivity contribution in [3.05, 3.63) is 0 Å². The fourth-order valence-corrected chi connectivity index (χ4v) is 3.81. The van der Waals surface area contributed by atoms with Gasteiger partial charge >= 0.3 is 0 Å². The summed E-state index contributed by atoms with van der Waals surface area (Å²) in [5, 5.41) is 3.79. The van der Waals surface area contributed by atoms with Gasteiger partial charge in [0.1, 0.15) is 0 Å². The summed E-state index contributed by atoms with van der Waals surface area (Å²) >= 11 is 0. The monoisotopic (exact) mass is 252 g/mol. The second-order valence-electron chi connectivity index (χ2n) is 6.72. The summed E-state index contributed by atoms with van der Waals surface area (Å²) in [6, 6.07) is 1.44. The highest BCUT2D eigenvalue weighted by molar-refractivity contribution is 5.00. The maximum absolute atomic E-state index is 5.78. The lowest BCUT2D eigenvalue weighted by Crippen LogP contribution is -2.65. The van der Waals surface area contributed by atoms with E-state index in [1.165, 1.54) is 45.2 Å². The topological polar surface area (TPSA) is 24.5 Å². The molecule has 3 aliphatic rings. The van der Waals surface area contributed by atoms with Crippen LogP contribution < -0.4 is 5.32 Å². The van der Waals surface area contributed by atoms with Crippen LogP contribution in [0.3, 0.4) is 0 Å². The normalized spacial score (nSPS) is 43.0. The maximum Gasteiger partial charge on any atom is 0.0647 e. The largest absolute Gasteiger partial charge is 0.380 e. The Morgan fingerprint density at radius 1 is 1.39 bits per heavy atom. The van der Waals surface area contributed by atoms with Crippen LogP contribution in [0.25, 0.3) is 0 Å². The molecule has 2 aliphatic heterocycles. The fourth-order valence-electron chi connectivity index (χ4n) is 3.81. The summed E-state index contributed by atoms with van der Waals surface area (Å²) in [5.74, 6) is 0.957. The molecule has 18 heavy (non-hydrogen) atoms. The van der Waals surface area contributed by atoms with Gasteiger partial charge in [0.25, 0.3) is 0 Å². The van der Waals surface area contributed by atoms with Gasteiger partial charge in [-0.2, -0.15) is 0 Å². The predicted octanol–water partition coefficient (Wildman–Crippen LogP) is 2.02. The summed E-state index contributed by atoms with van der Waals surface area (Å²) < 4.78 is 5.78. The van der Waals surface area contributed by atoms with Gasteiger partial charge in [0.05, 0.1) is 6.61 Å². The summed E-state index contributed by atoms with van der Waals surface area (Å²) in [7, 11) is 0. The van der Waals surface area contributed by atoms with Gasteiger partial charge in [-0.15, -0.1) is 0 Å². The van der Waals surface area contributed by atoms with E-state index < -0.39 is 0 Å². The molecular formula is C15H28N2O. The van der Waals surface area contributed by atoms with E-state index in [2.05, 4.69) is 24.1 Å². The second-order valence-corrected chi connectivity index (χ2v) is 6.72. The minimum Gasteiger partial charge on any atom is -0.380 e. The average molecular weight is 252 g/mol. The van der Waals surface area contributed by atoms with Gasteiger partial charge in [-0.3, -0.25) is 4.90 Å². The molecule has 3 nitrogen and oxygen atoms in total. The molecule has 104 valence electrons. The van der Waals surface area contributed by atoms with E-state index in [4.69, 9.17) is 4.74 Å². The number of piperazine rings is 1. The Morgan fingerprint density at radius 3 is 2.83 bits per heavy atom. The van der Waals surface area contributed by atoms with E-state index in [0.717, 1.165) is 25.2 Å². The Morgan fingerprint density at radius 2 is 2.22 bits per heavy atom. The van der Waals surface area contributed by atoms with Crippen LogP contribution in [0.1, 0.15) is 46.0 Å². The number of hydrogen-bond donors (Lipinski definition) is 1. The highest BCUT2D eigenvalue weighted by atomic mass is 16.5. The van der Waals surface area contributed by atoms with Gasteiger partial charge in [0.2, 0.25) is 0 Å². The van der Waals surface area contributed by atoms with E-state index in [0.29, 0.717) is 6.04 Å². The highest BCUT2D eigenvalue weighted by Gasteiger charge is 2.44. The summed E-state index contributed by atoms with van der Waals surface area (Å²) in [6.07, 6.45) is 6.66. The molecule has 0 spiro atoms. The third-order valence-corrected chi connectivity index (χ3v) is 5.22. The molecule has 3 fully saturated rings. The van der Waals surface area contributed by atoms with Gasteiger partial charge in [0, 0.05) is 37.3 Å². The number of hydrogen-bond acceptors (Lipinski definition) is 3. The van der Waals surface area contributed by atoms with Gasteiger partial charge in [-0.05, 0) is 44.9 Å². The van der Waals surface area contributed by atoms with Crippen molar-refractivity contribution in [2.24, 2.45) is 5.92 Å². The van der Waals surface area contributed by atoms with Crippen LogP contribution >= 0.6 is 0 Å². The zero-order valence-corrected chi connectivity index (χ0v) is 12.0. The van der Waals surface area contributed by atoms with Crippen molar-refractivity contribution < 1.29 is 4.74 Å². The molecule has 3 unspecified atom stereocenters. The van der Waals surface area contributed by atoms with Crippen LogP contribution in [0.4, 0.5) is 0 Å². The first-order chi connectivity index (χ1) is 8.73. The molecule has 0 radical (unpaired) electrons. The van der Waals surface area contributed by atoms with E-state index >= 15 is 0 Å². The highest BCUT2D eigenvalue weighted by Crippen LogP contribution is 2.37. The smallest absolute Gasteiger partial charge is 0.0647 e. The Kier molecular flexibility index (Phi) is 3.65. The standard InChI is InChI=1S/C15H28N2O/c1-3-13-9-16-14(12-5-6-12)10-17(13)15(2)7-4-8-18-11-15/h12-14,16H,3-11H2,1-2H3. The number of nitrogens with one attached hydrogen (secondary N) is 1. The summed E-state index contributed by atoms with van der Waals surface area (Å²) in [5.41, 5.74) is 0.286. The molecular weight excluding hydrogens is 224 g/mol. The van der Waals surface area contributed by atoms with E-state index in [1.54, 1.807) is 0 Å². The molecule has 0 bridgehead atoms. The lowest BCUT2D eigenvalue weighted by Gasteiger charge is -2.51. The number of rotatable bonds is 3. The molecule has 3 heteroatoms. The van der Waals surface area contributed by atoms with Gasteiger partial charge in [0.15, 0.2) is 0 Å².